The van der Waals surface area contributed by atoms with Crippen LogP contribution in [0.3, 0.4) is 0 Å². The van der Waals surface area contributed by atoms with E-state index in [9.17, 15) is 0 Å². The zero-order valence-corrected chi connectivity index (χ0v) is 22.6. The number of rotatable bonds is 8. The number of unbranched alkanes of at least 4 members (excludes halogenated alkanes) is 1. The molecule has 2 fully saturated rings. The van der Waals surface area contributed by atoms with Gasteiger partial charge in [-0.3, -0.25) is 4.90 Å². The van der Waals surface area contributed by atoms with Crippen molar-refractivity contribution in [3.63, 3.8) is 0 Å². The van der Waals surface area contributed by atoms with Crippen LogP contribution in [0.1, 0.15) is 55.6 Å². The third-order valence-corrected chi connectivity index (χ3v) is 9.76. The number of nitrogens with zero attached hydrogens (tertiary/aromatic N) is 3. The summed E-state index contributed by atoms with van der Waals surface area (Å²) in [6.45, 7) is 9.24. The zero-order chi connectivity index (χ0) is 24.3. The monoisotopic (exact) mass is 507 g/mol. The largest absolute Gasteiger partial charge is 0.454 e. The predicted molar refractivity (Wildman–Crippen MR) is 147 cm³/mol. The molecule has 0 amide bonds. The van der Waals surface area contributed by atoms with E-state index in [-0.39, 0.29) is 0 Å². The van der Waals surface area contributed by atoms with Gasteiger partial charge in [0.2, 0.25) is 6.79 Å². The molecule has 2 aromatic carbocycles. The Morgan fingerprint density at radius 3 is 2.47 bits per heavy atom. The molecule has 1 aliphatic carbocycles. The minimum atomic E-state index is 0.332. The summed E-state index contributed by atoms with van der Waals surface area (Å²) in [5.74, 6) is 2.47. The molecule has 0 spiro atoms. The van der Waals surface area contributed by atoms with Gasteiger partial charge < -0.3 is 19.3 Å². The first-order valence-corrected chi connectivity index (χ1v) is 14.9. The van der Waals surface area contributed by atoms with Gasteiger partial charge in [0, 0.05) is 42.0 Å². The van der Waals surface area contributed by atoms with Crippen molar-refractivity contribution < 1.29 is 9.47 Å². The fourth-order valence-corrected chi connectivity index (χ4v) is 7.47. The van der Waals surface area contributed by atoms with Crippen molar-refractivity contribution >= 4 is 11.8 Å². The molecule has 0 saturated carbocycles. The molecule has 2 aromatic rings. The lowest BCUT2D eigenvalue weighted by atomic mass is 9.95. The molecular weight excluding hydrogens is 466 g/mol. The molecule has 6 heteroatoms. The number of aryl methyl sites for hydroxylation is 1. The van der Waals surface area contributed by atoms with Crippen LogP contribution in [0.2, 0.25) is 0 Å². The number of benzene rings is 2. The summed E-state index contributed by atoms with van der Waals surface area (Å²) in [6.07, 6.45) is 9.31. The molecule has 36 heavy (non-hydrogen) atoms. The number of ether oxygens (including phenoxy) is 2. The van der Waals surface area contributed by atoms with Crippen LogP contribution in [0, 0.1) is 0 Å². The van der Waals surface area contributed by atoms with Gasteiger partial charge in [-0.1, -0.05) is 24.2 Å². The molecule has 1 unspecified atom stereocenters. The van der Waals surface area contributed by atoms with E-state index in [4.69, 9.17) is 9.47 Å². The summed E-state index contributed by atoms with van der Waals surface area (Å²) < 4.78 is 11.0. The fraction of sp³-hybridized carbons (Fsp3) is 0.600. The smallest absolute Gasteiger partial charge is 0.231 e. The van der Waals surface area contributed by atoms with E-state index >= 15 is 0 Å². The Morgan fingerprint density at radius 2 is 1.61 bits per heavy atom. The topological polar surface area (TPSA) is 28.2 Å². The van der Waals surface area contributed by atoms with Crippen molar-refractivity contribution in [3.05, 3.63) is 47.5 Å². The maximum atomic E-state index is 5.54. The van der Waals surface area contributed by atoms with Crippen molar-refractivity contribution in [2.75, 3.05) is 59.7 Å². The average molecular weight is 508 g/mol. The van der Waals surface area contributed by atoms with Gasteiger partial charge in [-0.15, -0.1) is 0 Å². The molecule has 0 aromatic heterocycles. The number of piperazine rings is 1. The molecule has 6 rings (SSSR count). The van der Waals surface area contributed by atoms with Crippen LogP contribution >= 0.6 is 11.8 Å². The highest BCUT2D eigenvalue weighted by molar-refractivity contribution is 7.99. The van der Waals surface area contributed by atoms with E-state index in [2.05, 4.69) is 52.1 Å². The van der Waals surface area contributed by atoms with Crippen LogP contribution in [0.5, 0.6) is 11.5 Å². The van der Waals surface area contributed by atoms with Crippen LogP contribution in [-0.2, 0) is 6.42 Å². The number of fused-ring (bicyclic) bond motifs is 2. The lowest BCUT2D eigenvalue weighted by molar-refractivity contribution is 0.0640. The third-order valence-electron chi connectivity index (χ3n) is 8.78. The predicted octanol–water partition coefficient (Wildman–Crippen LogP) is 5.48. The number of likely N-dealkylation sites (tertiary alicyclic amines) is 1. The van der Waals surface area contributed by atoms with E-state index in [1.807, 2.05) is 17.8 Å². The van der Waals surface area contributed by atoms with Crippen LogP contribution in [0.15, 0.2) is 46.2 Å². The zero-order valence-electron chi connectivity index (χ0n) is 21.8. The normalized spacial score (nSPS) is 23.3. The second kappa shape index (κ2) is 11.3. The molecule has 4 aliphatic rings. The minimum absolute atomic E-state index is 0.332. The Bertz CT molecular complexity index is 1030. The molecule has 194 valence electrons. The van der Waals surface area contributed by atoms with Crippen molar-refractivity contribution in [2.24, 2.45) is 0 Å². The lowest BCUT2D eigenvalue weighted by Crippen LogP contribution is -2.52. The summed E-state index contributed by atoms with van der Waals surface area (Å²) in [6, 6.07) is 14.2. The molecule has 1 atom stereocenters. The van der Waals surface area contributed by atoms with Gasteiger partial charge >= 0.3 is 0 Å². The second-order valence-electron chi connectivity index (χ2n) is 11.1. The SMILES string of the molecule is CN1CCC(N2CCN(CCCCC3CCc4cc(Sc5ccc6c(c5)OCO6)ccc43)CC2)CC1. The molecule has 5 nitrogen and oxygen atoms in total. The molecule has 3 heterocycles. The Balaban J connectivity index is 0.926. The Kier molecular flexibility index (Phi) is 7.75. The maximum Gasteiger partial charge on any atom is 0.231 e. The maximum absolute atomic E-state index is 5.54. The highest BCUT2D eigenvalue weighted by Crippen LogP contribution is 2.41. The molecule has 0 N–H and O–H groups in total. The first-order chi connectivity index (χ1) is 17.7. The van der Waals surface area contributed by atoms with Gasteiger partial charge in [-0.2, -0.15) is 0 Å². The second-order valence-corrected chi connectivity index (χ2v) is 12.3. The van der Waals surface area contributed by atoms with Gasteiger partial charge in [0.05, 0.1) is 0 Å². The van der Waals surface area contributed by atoms with Crippen molar-refractivity contribution in [1.29, 1.82) is 0 Å². The summed E-state index contributed by atoms with van der Waals surface area (Å²) in [5, 5.41) is 0. The number of hydrogen-bond acceptors (Lipinski definition) is 6. The van der Waals surface area contributed by atoms with Gasteiger partial charge in [0.1, 0.15) is 0 Å². The summed E-state index contributed by atoms with van der Waals surface area (Å²) in [5.41, 5.74) is 3.17. The van der Waals surface area contributed by atoms with Crippen LogP contribution in [0.25, 0.3) is 0 Å². The average Bonchev–Trinajstić information content (AvgIpc) is 3.54. The first kappa shape index (κ1) is 24.6. The highest BCUT2D eigenvalue weighted by Gasteiger charge is 2.27. The standard InChI is InChI=1S/C30H41N3O2S/c1-31-14-11-25(12-15-31)33-18-16-32(17-19-33)13-3-2-4-23-5-6-24-20-26(7-9-28(23)24)36-27-8-10-29-30(21-27)35-22-34-29/h7-10,20-21,23,25H,2-6,11-19,22H2,1H3. The lowest BCUT2D eigenvalue weighted by Gasteiger charge is -2.42. The van der Waals surface area contributed by atoms with Gasteiger partial charge in [-0.25, -0.2) is 0 Å². The van der Waals surface area contributed by atoms with E-state index in [0.717, 1.165) is 23.5 Å². The fourth-order valence-electron chi connectivity index (χ4n) is 6.56. The van der Waals surface area contributed by atoms with Crippen LogP contribution in [0.4, 0.5) is 0 Å². The minimum Gasteiger partial charge on any atom is -0.454 e. The summed E-state index contributed by atoms with van der Waals surface area (Å²) in [4.78, 5) is 10.5. The van der Waals surface area contributed by atoms with E-state index in [1.165, 1.54) is 101 Å². The molecular formula is C30H41N3O2S. The summed E-state index contributed by atoms with van der Waals surface area (Å²) in [7, 11) is 2.26. The van der Waals surface area contributed by atoms with E-state index in [1.54, 1.807) is 11.1 Å². The van der Waals surface area contributed by atoms with E-state index in [0.29, 0.717) is 6.79 Å². The number of hydrogen-bond donors (Lipinski definition) is 0. The first-order valence-electron chi connectivity index (χ1n) is 14.1. The Morgan fingerprint density at radius 1 is 0.833 bits per heavy atom. The Hall–Kier alpha value is -1.73. The number of piperidine rings is 1. The van der Waals surface area contributed by atoms with Gasteiger partial charge in [-0.05, 0) is 113 Å². The van der Waals surface area contributed by atoms with Gasteiger partial charge in [0.15, 0.2) is 11.5 Å². The third kappa shape index (κ3) is 5.72. The van der Waals surface area contributed by atoms with Crippen LogP contribution < -0.4 is 9.47 Å². The molecule has 3 aliphatic heterocycles. The van der Waals surface area contributed by atoms with Crippen LogP contribution in [-0.4, -0.2) is 80.4 Å². The molecule has 2 saturated heterocycles. The van der Waals surface area contributed by atoms with E-state index < -0.39 is 0 Å². The quantitative estimate of drug-likeness (QED) is 0.440. The summed E-state index contributed by atoms with van der Waals surface area (Å²) >= 11 is 1.82. The molecule has 0 bridgehead atoms. The van der Waals surface area contributed by atoms with Crippen molar-refractivity contribution in [1.82, 2.24) is 14.7 Å². The highest BCUT2D eigenvalue weighted by atomic mass is 32.2. The molecule has 0 radical (unpaired) electrons. The van der Waals surface area contributed by atoms with Gasteiger partial charge in [0.25, 0.3) is 0 Å². The van der Waals surface area contributed by atoms with Crippen molar-refractivity contribution in [3.8, 4) is 11.5 Å². The Labute approximate surface area is 221 Å². The van der Waals surface area contributed by atoms with Crippen molar-refractivity contribution in [2.45, 2.75) is 66.7 Å².